The summed E-state index contributed by atoms with van der Waals surface area (Å²) < 4.78 is 6.42. The molecule has 2 unspecified atom stereocenters. The molecule has 1 saturated heterocycles. The summed E-state index contributed by atoms with van der Waals surface area (Å²) in [5, 5.41) is 0. The predicted octanol–water partition coefficient (Wildman–Crippen LogP) is 3.70. The summed E-state index contributed by atoms with van der Waals surface area (Å²) in [6.07, 6.45) is 2.79. The molecule has 102 valence electrons. The van der Waals surface area contributed by atoms with Gasteiger partial charge in [-0.05, 0) is 59.5 Å². The van der Waals surface area contributed by atoms with Crippen LogP contribution in [0.1, 0.15) is 61.3 Å². The molecule has 0 amide bonds. The van der Waals surface area contributed by atoms with E-state index < -0.39 is 0 Å². The first-order chi connectivity index (χ1) is 7.47. The van der Waals surface area contributed by atoms with Gasteiger partial charge in [0.15, 0.2) is 0 Å². The molecule has 0 radical (unpaired) electrons. The molecule has 0 spiro atoms. The molecule has 0 saturated carbocycles. The minimum absolute atomic E-state index is 0.0790. The van der Waals surface area contributed by atoms with Crippen LogP contribution in [0.2, 0.25) is 0 Å². The van der Waals surface area contributed by atoms with E-state index in [1.54, 1.807) is 0 Å². The number of ether oxygens (including phenoxy) is 1. The molecule has 0 aromatic carbocycles. The van der Waals surface area contributed by atoms with Crippen LogP contribution >= 0.6 is 0 Å². The van der Waals surface area contributed by atoms with Gasteiger partial charge in [-0.25, -0.2) is 0 Å². The second-order valence-electron chi connectivity index (χ2n) is 7.86. The zero-order chi connectivity index (χ0) is 13.5. The van der Waals surface area contributed by atoms with Gasteiger partial charge in [-0.1, -0.05) is 20.8 Å². The summed E-state index contributed by atoms with van der Waals surface area (Å²) in [6, 6.07) is 0. The standard InChI is InChI=1S/C15H31NO/c1-13(2,3)12(17-14(4,5)6)15(7)10-9-11-16(15)8/h12H,9-11H2,1-8H3. The van der Waals surface area contributed by atoms with Gasteiger partial charge in [0.2, 0.25) is 0 Å². The number of likely N-dealkylation sites (tertiary alicyclic amines) is 1. The number of nitrogens with zero attached hydrogens (tertiary/aromatic N) is 1. The number of hydrogen-bond acceptors (Lipinski definition) is 2. The van der Waals surface area contributed by atoms with Crippen molar-refractivity contribution in [1.29, 1.82) is 0 Å². The van der Waals surface area contributed by atoms with Gasteiger partial charge >= 0.3 is 0 Å². The topological polar surface area (TPSA) is 12.5 Å². The Hall–Kier alpha value is -0.0800. The smallest absolute Gasteiger partial charge is 0.0811 e. The molecule has 0 N–H and O–H groups in total. The van der Waals surface area contributed by atoms with Crippen molar-refractivity contribution in [1.82, 2.24) is 4.90 Å². The van der Waals surface area contributed by atoms with Crippen molar-refractivity contribution in [3.63, 3.8) is 0 Å². The molecule has 2 atom stereocenters. The Morgan fingerprint density at radius 1 is 1.12 bits per heavy atom. The molecule has 1 fully saturated rings. The molecular weight excluding hydrogens is 210 g/mol. The van der Waals surface area contributed by atoms with E-state index in [2.05, 4.69) is 60.4 Å². The molecule has 1 heterocycles. The highest BCUT2D eigenvalue weighted by atomic mass is 16.5. The molecule has 2 heteroatoms. The fraction of sp³-hybridized carbons (Fsp3) is 1.00. The van der Waals surface area contributed by atoms with Gasteiger partial charge in [0.25, 0.3) is 0 Å². The Balaban J connectivity index is 2.99. The van der Waals surface area contributed by atoms with Crippen LogP contribution in [0.5, 0.6) is 0 Å². The lowest BCUT2D eigenvalue weighted by atomic mass is 9.75. The second kappa shape index (κ2) is 4.55. The first kappa shape index (κ1) is 15.0. The SMILES string of the molecule is CN1CCCC1(C)C(OC(C)(C)C)C(C)(C)C. The van der Waals surface area contributed by atoms with Crippen molar-refractivity contribution in [2.75, 3.05) is 13.6 Å². The van der Waals surface area contributed by atoms with Crippen molar-refractivity contribution in [3.05, 3.63) is 0 Å². The van der Waals surface area contributed by atoms with E-state index in [4.69, 9.17) is 4.74 Å². The van der Waals surface area contributed by atoms with Crippen LogP contribution in [0.3, 0.4) is 0 Å². The molecule has 0 aliphatic carbocycles. The number of hydrogen-bond donors (Lipinski definition) is 0. The van der Waals surface area contributed by atoms with Crippen molar-refractivity contribution in [2.45, 2.75) is 78.6 Å². The van der Waals surface area contributed by atoms with E-state index in [1.165, 1.54) is 19.4 Å². The highest BCUT2D eigenvalue weighted by Crippen LogP contribution is 2.42. The first-order valence-electron chi connectivity index (χ1n) is 6.86. The maximum atomic E-state index is 6.42. The monoisotopic (exact) mass is 241 g/mol. The maximum Gasteiger partial charge on any atom is 0.0811 e. The van der Waals surface area contributed by atoms with Gasteiger partial charge in [-0.3, -0.25) is 4.90 Å². The molecule has 0 aromatic rings. The number of likely N-dealkylation sites (N-methyl/N-ethyl adjacent to an activating group) is 1. The third-order valence-corrected chi connectivity index (χ3v) is 3.87. The van der Waals surface area contributed by atoms with E-state index in [1.807, 2.05) is 0 Å². The lowest BCUT2D eigenvalue weighted by Gasteiger charge is -2.48. The lowest BCUT2D eigenvalue weighted by molar-refractivity contribution is -0.158. The van der Waals surface area contributed by atoms with E-state index >= 15 is 0 Å². The zero-order valence-corrected chi connectivity index (χ0v) is 13.1. The van der Waals surface area contributed by atoms with Gasteiger partial charge < -0.3 is 4.74 Å². The van der Waals surface area contributed by atoms with Crippen LogP contribution in [0, 0.1) is 5.41 Å². The van der Waals surface area contributed by atoms with Crippen LogP contribution in [0.4, 0.5) is 0 Å². The maximum absolute atomic E-state index is 6.42. The Morgan fingerprint density at radius 2 is 1.65 bits per heavy atom. The van der Waals surface area contributed by atoms with E-state index in [0.29, 0.717) is 0 Å². The summed E-state index contributed by atoms with van der Waals surface area (Å²) >= 11 is 0. The van der Waals surface area contributed by atoms with Crippen molar-refractivity contribution < 1.29 is 4.74 Å². The van der Waals surface area contributed by atoms with Gasteiger partial charge in [-0.2, -0.15) is 0 Å². The summed E-state index contributed by atoms with van der Waals surface area (Å²) in [4.78, 5) is 2.48. The predicted molar refractivity (Wildman–Crippen MR) is 74.4 cm³/mol. The van der Waals surface area contributed by atoms with Crippen LogP contribution in [-0.4, -0.2) is 35.7 Å². The van der Waals surface area contributed by atoms with Gasteiger partial charge in [0.1, 0.15) is 0 Å². The van der Waals surface area contributed by atoms with Gasteiger partial charge in [0.05, 0.1) is 11.7 Å². The number of rotatable bonds is 2. The Labute approximate surface area is 108 Å². The van der Waals surface area contributed by atoms with Crippen LogP contribution in [-0.2, 0) is 4.74 Å². The molecule has 2 nitrogen and oxygen atoms in total. The lowest BCUT2D eigenvalue weighted by Crippen LogP contribution is -2.57. The Morgan fingerprint density at radius 3 is 1.94 bits per heavy atom. The third kappa shape index (κ3) is 3.45. The fourth-order valence-electron chi connectivity index (χ4n) is 3.04. The summed E-state index contributed by atoms with van der Waals surface area (Å²) in [5.74, 6) is 0. The highest BCUT2D eigenvalue weighted by molar-refractivity contribution is 5.02. The summed E-state index contributed by atoms with van der Waals surface area (Å²) in [5.41, 5.74) is 0.260. The molecular formula is C15H31NO. The van der Waals surface area contributed by atoms with Crippen LogP contribution < -0.4 is 0 Å². The van der Waals surface area contributed by atoms with Crippen LogP contribution in [0.15, 0.2) is 0 Å². The van der Waals surface area contributed by atoms with Crippen molar-refractivity contribution in [3.8, 4) is 0 Å². The van der Waals surface area contributed by atoms with Crippen molar-refractivity contribution >= 4 is 0 Å². The average molecular weight is 241 g/mol. The minimum Gasteiger partial charge on any atom is -0.370 e. The molecule has 1 aliphatic rings. The van der Waals surface area contributed by atoms with Gasteiger partial charge in [0, 0.05) is 5.54 Å². The first-order valence-corrected chi connectivity index (χ1v) is 6.86. The molecule has 1 rings (SSSR count). The third-order valence-electron chi connectivity index (χ3n) is 3.87. The molecule has 17 heavy (non-hydrogen) atoms. The van der Waals surface area contributed by atoms with Gasteiger partial charge in [-0.15, -0.1) is 0 Å². The average Bonchev–Trinajstić information content (AvgIpc) is 2.41. The largest absolute Gasteiger partial charge is 0.370 e. The Kier molecular flexibility index (Phi) is 4.01. The van der Waals surface area contributed by atoms with Crippen molar-refractivity contribution in [2.24, 2.45) is 5.41 Å². The van der Waals surface area contributed by atoms with E-state index in [-0.39, 0.29) is 22.7 Å². The normalized spacial score (nSPS) is 29.6. The second-order valence-corrected chi connectivity index (χ2v) is 7.86. The van der Waals surface area contributed by atoms with E-state index in [0.717, 1.165) is 0 Å². The zero-order valence-electron chi connectivity index (χ0n) is 13.1. The molecule has 0 bridgehead atoms. The van der Waals surface area contributed by atoms with Crippen LogP contribution in [0.25, 0.3) is 0 Å². The van der Waals surface area contributed by atoms with E-state index in [9.17, 15) is 0 Å². The Bertz CT molecular complexity index is 261. The molecule has 0 aromatic heterocycles. The quantitative estimate of drug-likeness (QED) is 0.731. The molecule has 1 aliphatic heterocycles. The summed E-state index contributed by atoms with van der Waals surface area (Å²) in [7, 11) is 2.23. The highest BCUT2D eigenvalue weighted by Gasteiger charge is 2.48. The minimum atomic E-state index is -0.0790. The fourth-order valence-corrected chi connectivity index (χ4v) is 3.04. The summed E-state index contributed by atoms with van der Waals surface area (Å²) in [6.45, 7) is 16.9.